The molecule has 0 atom stereocenters. The zero-order valence-corrected chi connectivity index (χ0v) is 18.4. The van der Waals surface area contributed by atoms with E-state index in [0.717, 1.165) is 41.4 Å². The van der Waals surface area contributed by atoms with Crippen LogP contribution in [0.25, 0.3) is 11.0 Å². The van der Waals surface area contributed by atoms with Crippen molar-refractivity contribution in [2.75, 3.05) is 7.11 Å². The fourth-order valence-corrected chi connectivity index (χ4v) is 4.95. The van der Waals surface area contributed by atoms with Gasteiger partial charge in [0.05, 0.1) is 31.2 Å². The first kappa shape index (κ1) is 21.1. The normalized spacial score (nSPS) is 11.1. The molecule has 0 fully saturated rings. The molecule has 4 aromatic rings. The number of hydrogen-bond acceptors (Lipinski definition) is 4. The van der Waals surface area contributed by atoms with Crippen molar-refractivity contribution in [1.82, 2.24) is 9.13 Å². The standard InChI is InChI=1S/C25H26N2O3S/c1-30-23(28)15-9-8-14-22-24-21(18-31-22)26(16-19-10-4-2-5-11-19)25(29)27(24)17-20-12-6-3-7-13-20/h2-7,10-13,18H,8-9,14-17H2,1H3. The van der Waals surface area contributed by atoms with Crippen molar-refractivity contribution in [3.63, 3.8) is 0 Å². The lowest BCUT2D eigenvalue weighted by atomic mass is 10.1. The highest BCUT2D eigenvalue weighted by Crippen LogP contribution is 2.28. The molecule has 0 amide bonds. The monoisotopic (exact) mass is 434 g/mol. The van der Waals surface area contributed by atoms with Crippen molar-refractivity contribution in [2.24, 2.45) is 0 Å². The number of ether oxygens (including phenoxy) is 1. The van der Waals surface area contributed by atoms with Crippen molar-refractivity contribution in [2.45, 2.75) is 38.8 Å². The number of esters is 1. The third-order valence-electron chi connectivity index (χ3n) is 5.47. The fraction of sp³-hybridized carbons (Fsp3) is 0.280. The lowest BCUT2D eigenvalue weighted by molar-refractivity contribution is -0.140. The molecular weight excluding hydrogens is 408 g/mol. The molecule has 2 aromatic heterocycles. The summed E-state index contributed by atoms with van der Waals surface area (Å²) in [6.45, 7) is 1.10. The minimum absolute atomic E-state index is 0.0151. The number of unbranched alkanes of at least 4 members (excludes halogenated alkanes) is 1. The predicted molar refractivity (Wildman–Crippen MR) is 125 cm³/mol. The number of aryl methyl sites for hydroxylation is 1. The Hall–Kier alpha value is -3.12. The van der Waals surface area contributed by atoms with Gasteiger partial charge >= 0.3 is 11.7 Å². The van der Waals surface area contributed by atoms with Crippen LogP contribution in [0.2, 0.25) is 0 Å². The van der Waals surface area contributed by atoms with E-state index in [-0.39, 0.29) is 11.7 Å². The van der Waals surface area contributed by atoms with Crippen molar-refractivity contribution in [3.8, 4) is 0 Å². The van der Waals surface area contributed by atoms with E-state index in [1.165, 1.54) is 12.0 Å². The molecule has 0 aliphatic rings. The van der Waals surface area contributed by atoms with Gasteiger partial charge in [0.25, 0.3) is 0 Å². The first-order valence-electron chi connectivity index (χ1n) is 10.5. The predicted octanol–water partition coefficient (Wildman–Crippen LogP) is 4.85. The van der Waals surface area contributed by atoms with Gasteiger partial charge in [0, 0.05) is 16.7 Å². The number of imidazole rings is 1. The lowest BCUT2D eigenvalue weighted by Crippen LogP contribution is -2.25. The summed E-state index contributed by atoms with van der Waals surface area (Å²) in [4.78, 5) is 26.0. The van der Waals surface area contributed by atoms with E-state index in [1.54, 1.807) is 11.3 Å². The zero-order chi connectivity index (χ0) is 21.6. The molecule has 160 valence electrons. The maximum atomic E-state index is 13.4. The molecule has 0 radical (unpaired) electrons. The van der Waals surface area contributed by atoms with Gasteiger partial charge in [-0.15, -0.1) is 11.3 Å². The van der Waals surface area contributed by atoms with Gasteiger partial charge in [0.1, 0.15) is 0 Å². The number of hydrogen-bond donors (Lipinski definition) is 0. The molecule has 0 unspecified atom stereocenters. The molecule has 0 spiro atoms. The molecule has 0 aliphatic heterocycles. The summed E-state index contributed by atoms with van der Waals surface area (Å²) < 4.78 is 8.51. The second-order valence-electron chi connectivity index (χ2n) is 7.60. The Morgan fingerprint density at radius 2 is 1.52 bits per heavy atom. The summed E-state index contributed by atoms with van der Waals surface area (Å²) >= 11 is 1.70. The van der Waals surface area contributed by atoms with Crippen LogP contribution in [0.4, 0.5) is 0 Å². The van der Waals surface area contributed by atoms with Gasteiger partial charge in [0.15, 0.2) is 0 Å². The van der Waals surface area contributed by atoms with Crippen LogP contribution in [0.1, 0.15) is 35.3 Å². The van der Waals surface area contributed by atoms with Gasteiger partial charge < -0.3 is 4.74 Å². The van der Waals surface area contributed by atoms with Crippen LogP contribution < -0.4 is 5.69 Å². The van der Waals surface area contributed by atoms with Crippen LogP contribution in [0, 0.1) is 0 Å². The Kier molecular flexibility index (Phi) is 6.67. The number of carbonyl (C=O) groups is 1. The number of fused-ring (bicyclic) bond motifs is 1. The van der Waals surface area contributed by atoms with Gasteiger partial charge in [-0.3, -0.25) is 13.9 Å². The number of methoxy groups -OCH3 is 1. The molecule has 31 heavy (non-hydrogen) atoms. The minimum Gasteiger partial charge on any atom is -0.469 e. The highest BCUT2D eigenvalue weighted by molar-refractivity contribution is 7.11. The number of aromatic nitrogens is 2. The average Bonchev–Trinajstić information content (AvgIpc) is 3.32. The van der Waals surface area contributed by atoms with E-state index < -0.39 is 0 Å². The molecule has 0 saturated carbocycles. The molecule has 0 bridgehead atoms. The largest absolute Gasteiger partial charge is 0.469 e. The van der Waals surface area contributed by atoms with Gasteiger partial charge in [0.2, 0.25) is 0 Å². The van der Waals surface area contributed by atoms with E-state index in [0.29, 0.717) is 19.5 Å². The van der Waals surface area contributed by atoms with E-state index in [9.17, 15) is 9.59 Å². The number of benzene rings is 2. The van der Waals surface area contributed by atoms with Gasteiger partial charge in [-0.2, -0.15) is 0 Å². The van der Waals surface area contributed by atoms with E-state index in [4.69, 9.17) is 4.74 Å². The van der Waals surface area contributed by atoms with Crippen LogP contribution in [0.15, 0.2) is 70.8 Å². The van der Waals surface area contributed by atoms with Crippen LogP contribution >= 0.6 is 11.3 Å². The Balaban J connectivity index is 1.68. The highest BCUT2D eigenvalue weighted by Gasteiger charge is 2.19. The highest BCUT2D eigenvalue weighted by atomic mass is 32.1. The first-order valence-corrected chi connectivity index (χ1v) is 11.4. The third kappa shape index (κ3) is 4.80. The summed E-state index contributed by atoms with van der Waals surface area (Å²) in [5.74, 6) is -0.175. The smallest absolute Gasteiger partial charge is 0.329 e. The van der Waals surface area contributed by atoms with Crippen molar-refractivity contribution >= 4 is 28.3 Å². The van der Waals surface area contributed by atoms with Crippen LogP contribution in [0.3, 0.4) is 0 Å². The summed E-state index contributed by atoms with van der Waals surface area (Å²) in [7, 11) is 1.42. The van der Waals surface area contributed by atoms with Gasteiger partial charge in [-0.05, 0) is 30.4 Å². The van der Waals surface area contributed by atoms with E-state index >= 15 is 0 Å². The van der Waals surface area contributed by atoms with Crippen LogP contribution in [-0.4, -0.2) is 22.2 Å². The fourth-order valence-electron chi connectivity index (χ4n) is 3.87. The average molecular weight is 435 g/mol. The second-order valence-corrected chi connectivity index (χ2v) is 8.57. The molecule has 4 rings (SSSR count). The third-order valence-corrected chi connectivity index (χ3v) is 6.49. The zero-order valence-electron chi connectivity index (χ0n) is 17.6. The summed E-state index contributed by atoms with van der Waals surface area (Å²) in [5, 5.41) is 2.09. The molecule has 2 aromatic carbocycles. The topological polar surface area (TPSA) is 53.2 Å². The molecule has 6 heteroatoms. The molecule has 0 N–H and O–H groups in total. The Morgan fingerprint density at radius 3 is 2.13 bits per heavy atom. The summed E-state index contributed by atoms with van der Waals surface area (Å²) in [6, 6.07) is 20.2. The molecule has 5 nitrogen and oxygen atoms in total. The summed E-state index contributed by atoms with van der Waals surface area (Å²) in [6.07, 6.45) is 2.93. The lowest BCUT2D eigenvalue weighted by Gasteiger charge is -2.06. The summed E-state index contributed by atoms with van der Waals surface area (Å²) in [5.41, 5.74) is 4.23. The van der Waals surface area contributed by atoms with Crippen molar-refractivity contribution < 1.29 is 9.53 Å². The molecule has 0 aliphatic carbocycles. The van der Waals surface area contributed by atoms with E-state index in [1.807, 2.05) is 57.7 Å². The van der Waals surface area contributed by atoms with Crippen LogP contribution in [0.5, 0.6) is 0 Å². The Morgan fingerprint density at radius 1 is 0.903 bits per heavy atom. The quantitative estimate of drug-likeness (QED) is 0.280. The van der Waals surface area contributed by atoms with Crippen LogP contribution in [-0.2, 0) is 29.0 Å². The maximum absolute atomic E-state index is 13.4. The van der Waals surface area contributed by atoms with Crippen molar-refractivity contribution in [1.29, 1.82) is 0 Å². The number of rotatable bonds is 9. The van der Waals surface area contributed by atoms with Gasteiger partial charge in [-0.1, -0.05) is 60.7 Å². The maximum Gasteiger partial charge on any atom is 0.329 e. The molecule has 0 saturated heterocycles. The Labute approximate surface area is 185 Å². The molecular formula is C25H26N2O3S. The number of carbonyl (C=O) groups excluding carboxylic acids is 1. The second kappa shape index (κ2) is 9.79. The van der Waals surface area contributed by atoms with Gasteiger partial charge in [-0.25, -0.2) is 4.79 Å². The minimum atomic E-state index is -0.175. The SMILES string of the molecule is COC(=O)CCCCc1scc2c1n(Cc1ccccc1)c(=O)n2Cc1ccccc1. The van der Waals surface area contributed by atoms with E-state index in [2.05, 4.69) is 17.5 Å². The molecule has 2 heterocycles. The number of nitrogens with zero attached hydrogens (tertiary/aromatic N) is 2. The Bertz CT molecular complexity index is 1210. The first-order chi connectivity index (χ1) is 15.2. The van der Waals surface area contributed by atoms with Crippen molar-refractivity contribution in [3.05, 3.63) is 92.5 Å². The number of thiophene rings is 1.